The van der Waals surface area contributed by atoms with Crippen LogP contribution in [0.4, 0.5) is 0 Å². The van der Waals surface area contributed by atoms with E-state index in [1.807, 2.05) is 24.3 Å². The minimum absolute atomic E-state index is 0.0151. The van der Waals surface area contributed by atoms with E-state index < -0.39 is 11.8 Å². The van der Waals surface area contributed by atoms with Gasteiger partial charge in [-0.25, -0.2) is 4.98 Å². The lowest BCUT2D eigenvalue weighted by Gasteiger charge is -2.08. The molecule has 24 heavy (non-hydrogen) atoms. The standard InChI is InChI=1S/C16H12BrClN4O2/c17-9-5-6-11(18)10(7-9)16(24)22-21-15(23)8-14-19-12-3-1-2-4-13(12)20-14/h1-7H,8H2,(H,19,20)(H,21,23)(H,22,24). The number of hydrogen-bond donors (Lipinski definition) is 3. The van der Waals surface area contributed by atoms with Gasteiger partial charge < -0.3 is 4.98 Å². The zero-order valence-corrected chi connectivity index (χ0v) is 14.6. The summed E-state index contributed by atoms with van der Waals surface area (Å²) >= 11 is 9.24. The number of carbonyl (C=O) groups excluding carboxylic acids is 2. The molecule has 2 aromatic carbocycles. The maximum absolute atomic E-state index is 12.1. The number of carbonyl (C=O) groups is 2. The summed E-state index contributed by atoms with van der Waals surface area (Å²) in [5.41, 5.74) is 6.58. The first kappa shape index (κ1) is 16.5. The van der Waals surface area contributed by atoms with Crippen molar-refractivity contribution >= 4 is 50.4 Å². The summed E-state index contributed by atoms with van der Waals surface area (Å²) < 4.78 is 0.714. The van der Waals surface area contributed by atoms with Gasteiger partial charge in [0.05, 0.1) is 28.0 Å². The van der Waals surface area contributed by atoms with Crippen LogP contribution in [-0.4, -0.2) is 21.8 Å². The van der Waals surface area contributed by atoms with E-state index in [9.17, 15) is 9.59 Å². The predicted molar refractivity (Wildman–Crippen MR) is 94.6 cm³/mol. The van der Waals surface area contributed by atoms with Crippen LogP contribution < -0.4 is 10.9 Å². The Hall–Kier alpha value is -2.38. The van der Waals surface area contributed by atoms with E-state index in [1.54, 1.807) is 18.2 Å². The van der Waals surface area contributed by atoms with Crippen LogP contribution in [0.2, 0.25) is 5.02 Å². The average molecular weight is 408 g/mol. The van der Waals surface area contributed by atoms with Crippen molar-refractivity contribution in [3.05, 3.63) is 63.3 Å². The van der Waals surface area contributed by atoms with Gasteiger partial charge in [0.15, 0.2) is 0 Å². The number of rotatable bonds is 3. The monoisotopic (exact) mass is 406 g/mol. The number of benzene rings is 2. The van der Waals surface area contributed by atoms with Crippen molar-refractivity contribution in [2.75, 3.05) is 0 Å². The highest BCUT2D eigenvalue weighted by atomic mass is 79.9. The quantitative estimate of drug-likeness (QED) is 0.583. The zero-order chi connectivity index (χ0) is 17.1. The number of aromatic nitrogens is 2. The molecule has 3 N–H and O–H groups in total. The first-order valence-corrected chi connectivity index (χ1v) is 8.18. The number of hydrogen-bond acceptors (Lipinski definition) is 3. The van der Waals surface area contributed by atoms with Crippen LogP contribution in [0.1, 0.15) is 16.2 Å². The summed E-state index contributed by atoms with van der Waals surface area (Å²) in [5.74, 6) is -0.379. The fourth-order valence-corrected chi connectivity index (χ4v) is 2.72. The number of halogens is 2. The SMILES string of the molecule is O=C(Cc1nc2ccccc2[nH]1)NNC(=O)c1cc(Br)ccc1Cl. The van der Waals surface area contributed by atoms with Crippen molar-refractivity contribution in [1.82, 2.24) is 20.8 Å². The predicted octanol–water partition coefficient (Wildman–Crippen LogP) is 2.98. The molecule has 3 rings (SSSR count). The van der Waals surface area contributed by atoms with E-state index in [4.69, 9.17) is 11.6 Å². The highest BCUT2D eigenvalue weighted by Crippen LogP contribution is 2.20. The summed E-state index contributed by atoms with van der Waals surface area (Å²) in [6.45, 7) is 0. The number of H-pyrrole nitrogens is 1. The number of para-hydroxylation sites is 2. The zero-order valence-electron chi connectivity index (χ0n) is 12.3. The molecule has 0 fully saturated rings. The van der Waals surface area contributed by atoms with E-state index in [-0.39, 0.29) is 12.0 Å². The fourth-order valence-electron chi connectivity index (χ4n) is 2.15. The molecule has 0 aliphatic rings. The van der Waals surface area contributed by atoms with Crippen LogP contribution in [0.3, 0.4) is 0 Å². The van der Waals surface area contributed by atoms with Crippen molar-refractivity contribution in [1.29, 1.82) is 0 Å². The Kier molecular flexibility index (Phi) is 4.82. The van der Waals surface area contributed by atoms with E-state index >= 15 is 0 Å². The van der Waals surface area contributed by atoms with Crippen LogP contribution in [0.15, 0.2) is 46.9 Å². The minimum Gasteiger partial charge on any atom is -0.342 e. The fraction of sp³-hybridized carbons (Fsp3) is 0.0625. The van der Waals surface area contributed by atoms with Gasteiger partial charge in [-0.2, -0.15) is 0 Å². The maximum Gasteiger partial charge on any atom is 0.271 e. The van der Waals surface area contributed by atoms with Gasteiger partial charge in [0.1, 0.15) is 5.82 Å². The average Bonchev–Trinajstić information content (AvgIpc) is 2.97. The number of amides is 2. The second-order valence-corrected chi connectivity index (χ2v) is 6.33. The van der Waals surface area contributed by atoms with E-state index in [0.29, 0.717) is 15.3 Å². The van der Waals surface area contributed by atoms with E-state index in [1.165, 1.54) is 0 Å². The van der Waals surface area contributed by atoms with Crippen molar-refractivity contribution in [3.63, 3.8) is 0 Å². The number of nitrogens with zero attached hydrogens (tertiary/aromatic N) is 1. The lowest BCUT2D eigenvalue weighted by molar-refractivity contribution is -0.121. The second-order valence-electron chi connectivity index (χ2n) is 5.00. The Balaban J connectivity index is 1.61. The third kappa shape index (κ3) is 3.74. The molecule has 3 aromatic rings. The van der Waals surface area contributed by atoms with Crippen LogP contribution in [0.25, 0.3) is 11.0 Å². The molecule has 0 atom stereocenters. The third-order valence-electron chi connectivity index (χ3n) is 3.25. The number of nitrogens with one attached hydrogen (secondary N) is 3. The van der Waals surface area contributed by atoms with Gasteiger partial charge in [0.25, 0.3) is 5.91 Å². The highest BCUT2D eigenvalue weighted by molar-refractivity contribution is 9.10. The molecule has 6 nitrogen and oxygen atoms in total. The van der Waals surface area contributed by atoms with Gasteiger partial charge in [-0.3, -0.25) is 20.4 Å². The summed E-state index contributed by atoms with van der Waals surface area (Å²) in [6.07, 6.45) is 0.0151. The molecule has 8 heteroatoms. The Labute approximate surface area is 150 Å². The molecular weight excluding hydrogens is 396 g/mol. The molecule has 0 saturated carbocycles. The molecule has 1 aromatic heterocycles. The molecule has 1 heterocycles. The third-order valence-corrected chi connectivity index (χ3v) is 4.08. The van der Waals surface area contributed by atoms with Crippen LogP contribution in [0, 0.1) is 0 Å². The van der Waals surface area contributed by atoms with Crippen LogP contribution >= 0.6 is 27.5 Å². The Morgan fingerprint density at radius 3 is 2.75 bits per heavy atom. The molecule has 2 amide bonds. The Bertz CT molecular complexity index is 892. The van der Waals surface area contributed by atoms with Gasteiger partial charge >= 0.3 is 0 Å². The molecule has 0 saturated heterocycles. The van der Waals surface area contributed by atoms with Crippen LogP contribution in [0.5, 0.6) is 0 Å². The summed E-state index contributed by atoms with van der Waals surface area (Å²) in [5, 5.41) is 0.294. The molecule has 0 unspecified atom stereocenters. The molecule has 122 valence electrons. The van der Waals surface area contributed by atoms with Crippen molar-refractivity contribution < 1.29 is 9.59 Å². The topological polar surface area (TPSA) is 86.9 Å². The first-order valence-electron chi connectivity index (χ1n) is 7.01. The second kappa shape index (κ2) is 7.02. The Morgan fingerprint density at radius 1 is 1.17 bits per heavy atom. The first-order chi connectivity index (χ1) is 11.5. The number of fused-ring (bicyclic) bond motifs is 1. The molecule has 0 aliphatic carbocycles. The van der Waals surface area contributed by atoms with Gasteiger partial charge in [0, 0.05) is 4.47 Å². The van der Waals surface area contributed by atoms with Gasteiger partial charge in [-0.1, -0.05) is 39.7 Å². The van der Waals surface area contributed by atoms with Crippen molar-refractivity contribution in [3.8, 4) is 0 Å². The number of aromatic amines is 1. The smallest absolute Gasteiger partial charge is 0.271 e. The minimum atomic E-state index is -0.501. The molecule has 0 radical (unpaired) electrons. The van der Waals surface area contributed by atoms with E-state index in [0.717, 1.165) is 11.0 Å². The number of imidazole rings is 1. The van der Waals surface area contributed by atoms with Gasteiger partial charge in [-0.05, 0) is 30.3 Å². The Morgan fingerprint density at radius 2 is 1.96 bits per heavy atom. The molecule has 0 spiro atoms. The van der Waals surface area contributed by atoms with Crippen LogP contribution in [-0.2, 0) is 11.2 Å². The van der Waals surface area contributed by atoms with Crippen molar-refractivity contribution in [2.45, 2.75) is 6.42 Å². The van der Waals surface area contributed by atoms with Gasteiger partial charge in [0.2, 0.25) is 5.91 Å². The van der Waals surface area contributed by atoms with Gasteiger partial charge in [-0.15, -0.1) is 0 Å². The summed E-state index contributed by atoms with van der Waals surface area (Å²) in [6, 6.07) is 12.4. The normalized spacial score (nSPS) is 10.6. The number of hydrazine groups is 1. The van der Waals surface area contributed by atoms with Crippen molar-refractivity contribution in [2.24, 2.45) is 0 Å². The molecule has 0 aliphatic heterocycles. The highest BCUT2D eigenvalue weighted by Gasteiger charge is 2.13. The lowest BCUT2D eigenvalue weighted by Crippen LogP contribution is -2.42. The largest absolute Gasteiger partial charge is 0.342 e. The summed E-state index contributed by atoms with van der Waals surface area (Å²) in [7, 11) is 0. The summed E-state index contributed by atoms with van der Waals surface area (Å²) in [4.78, 5) is 31.4. The molecular formula is C16H12BrClN4O2. The molecule has 0 bridgehead atoms. The maximum atomic E-state index is 12.1. The van der Waals surface area contributed by atoms with E-state index in [2.05, 4.69) is 36.7 Å². The lowest BCUT2D eigenvalue weighted by atomic mass is 10.2.